The lowest BCUT2D eigenvalue weighted by Gasteiger charge is -2.30. The molecule has 1 amide bonds. The quantitative estimate of drug-likeness (QED) is 0.889. The second kappa shape index (κ2) is 6.84. The molecule has 1 fully saturated rings. The number of carbonyl (C=O) groups is 1. The maximum Gasteiger partial charge on any atom is 0.223 e. The van der Waals surface area contributed by atoms with Crippen LogP contribution in [0.3, 0.4) is 0 Å². The number of halogens is 1. The number of amides is 1. The molecule has 3 unspecified atom stereocenters. The van der Waals surface area contributed by atoms with Gasteiger partial charge >= 0.3 is 0 Å². The number of nitrogens with one attached hydrogen (secondary N) is 1. The fourth-order valence-electron chi connectivity index (χ4n) is 3.01. The van der Waals surface area contributed by atoms with E-state index in [1.165, 1.54) is 12.1 Å². The number of hydrogen-bond donors (Lipinski definition) is 2. The van der Waals surface area contributed by atoms with Gasteiger partial charge < -0.3 is 11.1 Å². The first kappa shape index (κ1) is 15.0. The lowest BCUT2D eigenvalue weighted by atomic mass is 9.78. The fourth-order valence-corrected chi connectivity index (χ4v) is 3.01. The molecule has 0 aromatic heterocycles. The van der Waals surface area contributed by atoms with Crippen molar-refractivity contribution >= 4 is 5.91 Å². The van der Waals surface area contributed by atoms with Crippen LogP contribution >= 0.6 is 0 Å². The molecule has 110 valence electrons. The zero-order valence-electron chi connectivity index (χ0n) is 11.9. The van der Waals surface area contributed by atoms with Crippen LogP contribution in [0.15, 0.2) is 24.3 Å². The van der Waals surface area contributed by atoms with E-state index in [0.717, 1.165) is 31.2 Å². The van der Waals surface area contributed by atoms with E-state index < -0.39 is 0 Å². The third-order valence-corrected chi connectivity index (χ3v) is 4.26. The molecular formula is C16H23FN2O. The number of benzene rings is 1. The Balaban J connectivity index is 1.99. The van der Waals surface area contributed by atoms with Crippen molar-refractivity contribution in [3.05, 3.63) is 35.6 Å². The molecule has 0 bridgehead atoms. The highest BCUT2D eigenvalue weighted by Crippen LogP contribution is 2.30. The van der Waals surface area contributed by atoms with E-state index in [2.05, 4.69) is 5.32 Å². The van der Waals surface area contributed by atoms with Gasteiger partial charge in [0.15, 0.2) is 0 Å². The van der Waals surface area contributed by atoms with Crippen molar-refractivity contribution in [1.29, 1.82) is 0 Å². The summed E-state index contributed by atoms with van der Waals surface area (Å²) in [5.74, 6) is 0.0613. The molecule has 1 aliphatic rings. The van der Waals surface area contributed by atoms with Gasteiger partial charge in [-0.3, -0.25) is 4.79 Å². The van der Waals surface area contributed by atoms with Crippen molar-refractivity contribution in [2.45, 2.75) is 38.6 Å². The molecular weight excluding hydrogens is 255 g/mol. The highest BCUT2D eigenvalue weighted by atomic mass is 19.1. The third kappa shape index (κ3) is 3.57. The Morgan fingerprint density at radius 1 is 1.45 bits per heavy atom. The Hall–Kier alpha value is -1.42. The Bertz CT molecular complexity index is 464. The highest BCUT2D eigenvalue weighted by molar-refractivity contribution is 5.79. The van der Waals surface area contributed by atoms with Gasteiger partial charge in [0.1, 0.15) is 5.82 Å². The summed E-state index contributed by atoms with van der Waals surface area (Å²) < 4.78 is 13.2. The molecule has 0 aliphatic heterocycles. The zero-order chi connectivity index (χ0) is 14.5. The summed E-state index contributed by atoms with van der Waals surface area (Å²) in [5, 5.41) is 3.00. The van der Waals surface area contributed by atoms with Gasteiger partial charge in [-0.25, -0.2) is 4.39 Å². The molecule has 20 heavy (non-hydrogen) atoms. The van der Waals surface area contributed by atoms with E-state index >= 15 is 0 Å². The molecule has 0 saturated heterocycles. The van der Waals surface area contributed by atoms with Crippen LogP contribution < -0.4 is 11.1 Å². The minimum Gasteiger partial charge on any atom is -0.349 e. The number of rotatable bonds is 4. The van der Waals surface area contributed by atoms with Gasteiger partial charge in [-0.2, -0.15) is 0 Å². The average Bonchev–Trinajstić information content (AvgIpc) is 2.47. The summed E-state index contributed by atoms with van der Waals surface area (Å²) in [5.41, 5.74) is 6.55. The molecule has 3 nitrogen and oxygen atoms in total. The van der Waals surface area contributed by atoms with Gasteiger partial charge in [0.25, 0.3) is 0 Å². The zero-order valence-corrected chi connectivity index (χ0v) is 11.9. The lowest BCUT2D eigenvalue weighted by Crippen LogP contribution is -2.40. The first-order valence-corrected chi connectivity index (χ1v) is 7.37. The number of carbonyl (C=O) groups excluding carboxylic acids is 1. The molecule has 1 aliphatic carbocycles. The van der Waals surface area contributed by atoms with E-state index in [9.17, 15) is 9.18 Å². The second-order valence-electron chi connectivity index (χ2n) is 5.67. The summed E-state index contributed by atoms with van der Waals surface area (Å²) in [7, 11) is 0. The molecule has 1 saturated carbocycles. The van der Waals surface area contributed by atoms with Gasteiger partial charge in [0, 0.05) is 5.92 Å². The van der Waals surface area contributed by atoms with Crippen LogP contribution in [0, 0.1) is 17.7 Å². The Labute approximate surface area is 119 Å². The summed E-state index contributed by atoms with van der Waals surface area (Å²) in [4.78, 5) is 12.4. The maximum atomic E-state index is 13.2. The van der Waals surface area contributed by atoms with Crippen LogP contribution in [0.2, 0.25) is 0 Å². The first-order valence-electron chi connectivity index (χ1n) is 7.37. The van der Waals surface area contributed by atoms with Gasteiger partial charge in [0.2, 0.25) is 5.91 Å². The molecule has 0 radical (unpaired) electrons. The maximum absolute atomic E-state index is 13.2. The van der Waals surface area contributed by atoms with E-state index in [4.69, 9.17) is 5.73 Å². The number of hydrogen-bond acceptors (Lipinski definition) is 2. The topological polar surface area (TPSA) is 55.1 Å². The van der Waals surface area contributed by atoms with Crippen LogP contribution in [0.4, 0.5) is 4.39 Å². The molecule has 3 N–H and O–H groups in total. The molecule has 2 rings (SSSR count). The van der Waals surface area contributed by atoms with Crippen molar-refractivity contribution in [1.82, 2.24) is 5.32 Å². The smallest absolute Gasteiger partial charge is 0.223 e. The van der Waals surface area contributed by atoms with E-state index in [0.29, 0.717) is 6.54 Å². The first-order chi connectivity index (χ1) is 9.61. The Kier molecular flexibility index (Phi) is 5.12. The summed E-state index contributed by atoms with van der Waals surface area (Å²) in [6, 6.07) is 6.18. The van der Waals surface area contributed by atoms with Crippen molar-refractivity contribution in [3.63, 3.8) is 0 Å². The standard InChI is InChI=1S/C16H23FN2O/c1-11(12-6-4-7-14(17)9-12)19-16(20)15-8-3-2-5-13(15)10-18/h4,6-7,9,11,13,15H,2-3,5,8,10,18H2,1H3,(H,19,20). The fraction of sp³-hybridized carbons (Fsp3) is 0.562. The lowest BCUT2D eigenvalue weighted by molar-refractivity contribution is -0.128. The third-order valence-electron chi connectivity index (χ3n) is 4.26. The predicted octanol–water partition coefficient (Wildman–Crippen LogP) is 2.77. The predicted molar refractivity (Wildman–Crippen MR) is 77.5 cm³/mol. The van der Waals surface area contributed by atoms with Crippen molar-refractivity contribution in [3.8, 4) is 0 Å². The molecule has 4 heteroatoms. The second-order valence-corrected chi connectivity index (χ2v) is 5.67. The van der Waals surface area contributed by atoms with Crippen molar-refractivity contribution < 1.29 is 9.18 Å². The minimum atomic E-state index is -0.277. The van der Waals surface area contributed by atoms with E-state index in [1.807, 2.05) is 13.0 Å². The van der Waals surface area contributed by atoms with Gasteiger partial charge in [-0.05, 0) is 49.9 Å². The van der Waals surface area contributed by atoms with Crippen molar-refractivity contribution in [2.24, 2.45) is 17.6 Å². The van der Waals surface area contributed by atoms with Gasteiger partial charge in [0.05, 0.1) is 6.04 Å². The molecule has 0 spiro atoms. The van der Waals surface area contributed by atoms with E-state index in [-0.39, 0.29) is 29.6 Å². The summed E-state index contributed by atoms with van der Waals surface area (Å²) in [6.07, 6.45) is 4.18. The molecule has 0 heterocycles. The van der Waals surface area contributed by atoms with Crippen LogP contribution in [0.5, 0.6) is 0 Å². The highest BCUT2D eigenvalue weighted by Gasteiger charge is 2.30. The van der Waals surface area contributed by atoms with Crippen molar-refractivity contribution in [2.75, 3.05) is 6.54 Å². The van der Waals surface area contributed by atoms with Crippen LogP contribution in [0.1, 0.15) is 44.2 Å². The van der Waals surface area contributed by atoms with Gasteiger partial charge in [-0.1, -0.05) is 25.0 Å². The van der Waals surface area contributed by atoms with E-state index in [1.54, 1.807) is 6.07 Å². The molecule has 3 atom stereocenters. The molecule has 1 aromatic rings. The van der Waals surface area contributed by atoms with Crippen LogP contribution in [0.25, 0.3) is 0 Å². The molecule has 1 aromatic carbocycles. The van der Waals surface area contributed by atoms with Crippen LogP contribution in [-0.4, -0.2) is 12.5 Å². The van der Waals surface area contributed by atoms with Gasteiger partial charge in [-0.15, -0.1) is 0 Å². The minimum absolute atomic E-state index is 0.00441. The van der Waals surface area contributed by atoms with Crippen LogP contribution in [-0.2, 0) is 4.79 Å². The Morgan fingerprint density at radius 3 is 2.90 bits per heavy atom. The average molecular weight is 278 g/mol. The summed E-state index contributed by atoms with van der Waals surface area (Å²) >= 11 is 0. The summed E-state index contributed by atoms with van der Waals surface area (Å²) in [6.45, 7) is 2.44. The monoisotopic (exact) mass is 278 g/mol. The number of nitrogens with two attached hydrogens (primary N) is 1. The normalized spacial score (nSPS) is 24.1. The SMILES string of the molecule is CC(NC(=O)C1CCCCC1CN)c1cccc(F)c1. The largest absolute Gasteiger partial charge is 0.349 e. The Morgan fingerprint density at radius 2 is 2.20 bits per heavy atom.